The summed E-state index contributed by atoms with van der Waals surface area (Å²) in [5, 5.41) is 15.9. The molecule has 7 heteroatoms. The first kappa shape index (κ1) is 18.3. The second-order valence-corrected chi connectivity index (χ2v) is 6.83. The first-order chi connectivity index (χ1) is 12.6. The molecule has 3 rings (SSSR count). The number of thiazole rings is 1. The summed E-state index contributed by atoms with van der Waals surface area (Å²) in [6.45, 7) is 0. The summed E-state index contributed by atoms with van der Waals surface area (Å²) < 4.78 is 5.16. The van der Waals surface area contributed by atoms with E-state index in [1.165, 1.54) is 11.3 Å². The molecule has 130 valence electrons. The number of methoxy groups -OCH3 is 1. The summed E-state index contributed by atoms with van der Waals surface area (Å²) in [6.07, 6.45) is 1.58. The molecule has 3 aromatic rings. The molecule has 4 nitrogen and oxygen atoms in total. The molecule has 0 bridgehead atoms. The quantitative estimate of drug-likeness (QED) is 0.524. The number of hydrogen-bond acceptors (Lipinski definition) is 5. The van der Waals surface area contributed by atoms with Crippen molar-refractivity contribution in [1.29, 1.82) is 5.26 Å². The first-order valence-electron chi connectivity index (χ1n) is 7.53. The minimum atomic E-state index is 0.403. The third-order valence-electron chi connectivity index (χ3n) is 3.56. The molecule has 0 fully saturated rings. The molecule has 0 aliphatic rings. The largest absolute Gasteiger partial charge is 0.497 e. The molecule has 0 saturated carbocycles. The van der Waals surface area contributed by atoms with E-state index in [1.807, 2.05) is 29.6 Å². The van der Waals surface area contributed by atoms with E-state index in [0.717, 1.165) is 17.0 Å². The van der Waals surface area contributed by atoms with Crippen LogP contribution < -0.4 is 10.1 Å². The lowest BCUT2D eigenvalue weighted by molar-refractivity contribution is 0.415. The maximum atomic E-state index is 9.46. The molecule has 0 aliphatic heterocycles. The third-order valence-corrected chi connectivity index (χ3v) is 5.26. The highest BCUT2D eigenvalue weighted by atomic mass is 35.5. The van der Waals surface area contributed by atoms with Crippen LogP contribution in [0.2, 0.25) is 10.0 Å². The minimum Gasteiger partial charge on any atom is -0.497 e. The van der Waals surface area contributed by atoms with Crippen molar-refractivity contribution in [3.63, 3.8) is 0 Å². The van der Waals surface area contributed by atoms with E-state index in [0.29, 0.717) is 26.3 Å². The highest BCUT2D eigenvalue weighted by Crippen LogP contribution is 2.31. The van der Waals surface area contributed by atoms with Crippen molar-refractivity contribution >= 4 is 45.8 Å². The summed E-state index contributed by atoms with van der Waals surface area (Å²) in [5.41, 5.74) is 2.79. The summed E-state index contributed by atoms with van der Waals surface area (Å²) in [4.78, 5) is 4.55. The van der Waals surface area contributed by atoms with Gasteiger partial charge >= 0.3 is 0 Å². The molecule has 0 amide bonds. The number of nitrogens with one attached hydrogen (secondary N) is 1. The van der Waals surface area contributed by atoms with Gasteiger partial charge in [0.25, 0.3) is 0 Å². The monoisotopic (exact) mass is 401 g/mol. The molecular formula is C19H13Cl2N3OS. The number of aromatic nitrogens is 1. The molecule has 2 aromatic carbocycles. The van der Waals surface area contributed by atoms with Crippen LogP contribution in [0.4, 0.5) is 5.69 Å². The Bertz CT molecular complexity index is 991. The summed E-state index contributed by atoms with van der Waals surface area (Å²) in [7, 11) is 1.62. The fourth-order valence-corrected chi connectivity index (χ4v) is 3.35. The van der Waals surface area contributed by atoms with Crippen LogP contribution in [-0.2, 0) is 0 Å². The van der Waals surface area contributed by atoms with E-state index < -0.39 is 0 Å². The Morgan fingerprint density at radius 2 is 2.00 bits per heavy atom. The number of benzene rings is 2. The van der Waals surface area contributed by atoms with Crippen LogP contribution in [0.25, 0.3) is 16.8 Å². The second-order valence-electron chi connectivity index (χ2n) is 5.18. The zero-order valence-electron chi connectivity index (χ0n) is 13.7. The number of anilines is 1. The van der Waals surface area contributed by atoms with E-state index in [-0.39, 0.29) is 0 Å². The normalized spacial score (nSPS) is 11.1. The lowest BCUT2D eigenvalue weighted by Gasteiger charge is -2.05. The van der Waals surface area contributed by atoms with Crippen LogP contribution in [0.5, 0.6) is 5.75 Å². The van der Waals surface area contributed by atoms with Crippen molar-refractivity contribution in [2.45, 2.75) is 0 Å². The van der Waals surface area contributed by atoms with Gasteiger partial charge in [-0.1, -0.05) is 29.3 Å². The van der Waals surface area contributed by atoms with Crippen LogP contribution >= 0.6 is 34.5 Å². The Morgan fingerprint density at radius 3 is 2.69 bits per heavy atom. The van der Waals surface area contributed by atoms with Crippen molar-refractivity contribution in [2.24, 2.45) is 0 Å². The first-order valence-corrected chi connectivity index (χ1v) is 9.17. The lowest BCUT2D eigenvalue weighted by atomic mass is 10.2. The fourth-order valence-electron chi connectivity index (χ4n) is 2.20. The molecule has 1 aromatic heterocycles. The number of nitriles is 1. The number of allylic oxidation sites excluding steroid dienone is 1. The van der Waals surface area contributed by atoms with Crippen LogP contribution in [-0.4, -0.2) is 12.1 Å². The molecule has 1 N–H and O–H groups in total. The van der Waals surface area contributed by atoms with Crippen LogP contribution in [0, 0.1) is 11.3 Å². The molecule has 0 spiro atoms. The van der Waals surface area contributed by atoms with Gasteiger partial charge in [0.2, 0.25) is 0 Å². The zero-order valence-corrected chi connectivity index (χ0v) is 16.0. The number of ether oxygens (including phenoxy) is 1. The SMILES string of the molecule is COc1ccc(-c2csc(/C(C#N)=C\Nc3cccc(Cl)c3Cl)n2)cc1. The summed E-state index contributed by atoms with van der Waals surface area (Å²) >= 11 is 13.5. The molecule has 0 aliphatic carbocycles. The Hall–Kier alpha value is -2.52. The molecular weight excluding hydrogens is 389 g/mol. The number of halogens is 2. The molecule has 0 unspecified atom stereocenters. The van der Waals surface area contributed by atoms with E-state index in [1.54, 1.807) is 31.5 Å². The summed E-state index contributed by atoms with van der Waals surface area (Å²) in [5.74, 6) is 0.782. The smallest absolute Gasteiger partial charge is 0.136 e. The van der Waals surface area contributed by atoms with Crippen LogP contribution in [0.3, 0.4) is 0 Å². The van der Waals surface area contributed by atoms with Crippen LogP contribution in [0.1, 0.15) is 5.01 Å². The maximum Gasteiger partial charge on any atom is 0.136 e. The second kappa shape index (κ2) is 8.24. The average molecular weight is 402 g/mol. The Balaban J connectivity index is 1.83. The van der Waals surface area contributed by atoms with Gasteiger partial charge in [0.15, 0.2) is 0 Å². The van der Waals surface area contributed by atoms with Crippen LogP contribution in [0.15, 0.2) is 54.0 Å². The van der Waals surface area contributed by atoms with E-state index >= 15 is 0 Å². The van der Waals surface area contributed by atoms with Gasteiger partial charge in [0.05, 0.1) is 28.5 Å². The molecule has 0 radical (unpaired) electrons. The Morgan fingerprint density at radius 1 is 1.23 bits per heavy atom. The third kappa shape index (κ3) is 4.00. The van der Waals surface area contributed by atoms with Crippen molar-refractivity contribution in [3.05, 3.63) is 69.1 Å². The predicted octanol–water partition coefficient (Wildman–Crippen LogP) is 6.10. The van der Waals surface area contributed by atoms with Crippen molar-refractivity contribution in [2.75, 3.05) is 12.4 Å². The van der Waals surface area contributed by atoms with Gasteiger partial charge in [0.1, 0.15) is 22.4 Å². The van der Waals surface area contributed by atoms with Gasteiger partial charge in [-0.05, 0) is 36.4 Å². The van der Waals surface area contributed by atoms with Gasteiger partial charge in [-0.25, -0.2) is 4.98 Å². The highest BCUT2D eigenvalue weighted by Gasteiger charge is 2.10. The van der Waals surface area contributed by atoms with Crippen molar-refractivity contribution in [1.82, 2.24) is 4.98 Å². The number of hydrogen-bond donors (Lipinski definition) is 1. The minimum absolute atomic E-state index is 0.403. The number of nitrogens with zero attached hydrogens (tertiary/aromatic N) is 2. The van der Waals surface area contributed by atoms with Crippen molar-refractivity contribution < 1.29 is 4.74 Å². The highest BCUT2D eigenvalue weighted by molar-refractivity contribution is 7.11. The molecule has 1 heterocycles. The summed E-state index contributed by atoms with van der Waals surface area (Å²) in [6, 6.07) is 15.0. The van der Waals surface area contributed by atoms with E-state index in [4.69, 9.17) is 27.9 Å². The zero-order chi connectivity index (χ0) is 18.5. The van der Waals surface area contributed by atoms with Crippen molar-refractivity contribution in [3.8, 4) is 23.1 Å². The van der Waals surface area contributed by atoms with Gasteiger partial charge in [-0.3, -0.25) is 0 Å². The van der Waals surface area contributed by atoms with E-state index in [9.17, 15) is 5.26 Å². The van der Waals surface area contributed by atoms with Gasteiger partial charge in [-0.2, -0.15) is 5.26 Å². The van der Waals surface area contributed by atoms with Gasteiger partial charge in [0, 0.05) is 17.1 Å². The topological polar surface area (TPSA) is 57.9 Å². The molecule has 0 atom stereocenters. The predicted molar refractivity (Wildman–Crippen MR) is 108 cm³/mol. The van der Waals surface area contributed by atoms with Gasteiger partial charge in [-0.15, -0.1) is 11.3 Å². The van der Waals surface area contributed by atoms with Gasteiger partial charge < -0.3 is 10.1 Å². The fraction of sp³-hybridized carbons (Fsp3) is 0.0526. The van der Waals surface area contributed by atoms with E-state index in [2.05, 4.69) is 16.4 Å². The standard InChI is InChI=1S/C19H13Cl2N3OS/c1-25-14-7-5-12(6-8-14)17-11-26-19(24-17)13(9-22)10-23-16-4-2-3-15(20)18(16)21/h2-8,10-11,23H,1H3/b13-10-. The lowest BCUT2D eigenvalue weighted by Crippen LogP contribution is -1.92. The average Bonchev–Trinajstić information content (AvgIpc) is 3.15. The maximum absolute atomic E-state index is 9.46. The molecule has 26 heavy (non-hydrogen) atoms. The number of rotatable bonds is 5. The molecule has 0 saturated heterocycles. The Kier molecular flexibility index (Phi) is 5.79. The Labute approximate surface area is 165 Å².